The van der Waals surface area contributed by atoms with E-state index in [0.29, 0.717) is 13.1 Å². The summed E-state index contributed by atoms with van der Waals surface area (Å²) in [6, 6.07) is 15.9. The van der Waals surface area contributed by atoms with Gasteiger partial charge in [-0.3, -0.25) is 9.69 Å². The van der Waals surface area contributed by atoms with Gasteiger partial charge in [0, 0.05) is 31.1 Å². The van der Waals surface area contributed by atoms with E-state index in [0.717, 1.165) is 55.1 Å². The predicted octanol–water partition coefficient (Wildman–Crippen LogP) is 2.94. The molecule has 0 saturated carbocycles. The van der Waals surface area contributed by atoms with Crippen molar-refractivity contribution in [3.8, 4) is 11.5 Å². The topological polar surface area (TPSA) is 62.2 Å². The van der Waals surface area contributed by atoms with Crippen molar-refractivity contribution >= 4 is 5.91 Å². The third kappa shape index (κ3) is 5.52. The molecule has 1 fully saturated rings. The van der Waals surface area contributed by atoms with Crippen molar-refractivity contribution in [3.05, 3.63) is 59.7 Å². The number of amides is 1. The Morgan fingerprint density at radius 3 is 2.43 bits per heavy atom. The number of likely N-dealkylation sites (tertiary alicyclic amines) is 1. The largest absolute Gasteiger partial charge is 0.493 e. The van der Waals surface area contributed by atoms with Crippen LogP contribution < -0.4 is 9.47 Å². The summed E-state index contributed by atoms with van der Waals surface area (Å²) in [5.74, 6) is 1.66. The average Bonchev–Trinajstić information content (AvgIpc) is 2.79. The fourth-order valence-corrected chi connectivity index (χ4v) is 4.11. The van der Waals surface area contributed by atoms with Gasteiger partial charge in [0.2, 0.25) is 5.91 Å². The number of methoxy groups -OCH3 is 2. The van der Waals surface area contributed by atoms with E-state index in [1.165, 1.54) is 0 Å². The van der Waals surface area contributed by atoms with Gasteiger partial charge in [0.15, 0.2) is 11.5 Å². The van der Waals surface area contributed by atoms with Crippen LogP contribution in [0.3, 0.4) is 0 Å². The van der Waals surface area contributed by atoms with Crippen LogP contribution in [0.2, 0.25) is 0 Å². The average molecular weight is 413 g/mol. The van der Waals surface area contributed by atoms with Gasteiger partial charge in [-0.05, 0) is 37.6 Å². The van der Waals surface area contributed by atoms with Crippen molar-refractivity contribution in [2.75, 3.05) is 40.5 Å². The predicted molar refractivity (Wildman–Crippen MR) is 116 cm³/mol. The quantitative estimate of drug-likeness (QED) is 0.686. The number of carbonyl (C=O) groups excluding carboxylic acids is 1. The zero-order chi connectivity index (χ0) is 21.3. The number of ether oxygens (including phenoxy) is 2. The molecule has 1 amide bonds. The first-order valence-corrected chi connectivity index (χ1v) is 10.5. The monoisotopic (exact) mass is 412 g/mol. The third-order valence-corrected chi connectivity index (χ3v) is 5.71. The van der Waals surface area contributed by atoms with Crippen LogP contribution in [-0.2, 0) is 17.9 Å². The smallest absolute Gasteiger partial charge is 0.226 e. The summed E-state index contributed by atoms with van der Waals surface area (Å²) < 4.78 is 10.9. The van der Waals surface area contributed by atoms with Gasteiger partial charge in [0.25, 0.3) is 0 Å². The van der Waals surface area contributed by atoms with E-state index < -0.39 is 0 Å². The normalized spacial score (nSPS) is 15.0. The van der Waals surface area contributed by atoms with Gasteiger partial charge in [-0.2, -0.15) is 0 Å². The number of para-hydroxylation sites is 1. The molecule has 2 aromatic carbocycles. The second-order valence-electron chi connectivity index (χ2n) is 7.67. The summed E-state index contributed by atoms with van der Waals surface area (Å²) in [5, 5.41) is 9.44. The Bertz CT molecular complexity index is 804. The highest BCUT2D eigenvalue weighted by Crippen LogP contribution is 2.32. The standard InChI is InChI=1S/C24H32N2O4/c1-29-22-10-6-9-21(23(22)30-2)18-25-13-11-20(12-14-25)24(28)26(15-16-27)17-19-7-4-3-5-8-19/h3-10,20,27H,11-18H2,1-2H3. The Hall–Kier alpha value is -2.57. The molecule has 0 bridgehead atoms. The first-order valence-electron chi connectivity index (χ1n) is 10.5. The SMILES string of the molecule is COc1cccc(CN2CCC(C(=O)N(CCO)Cc3ccccc3)CC2)c1OC. The van der Waals surface area contributed by atoms with Gasteiger partial charge in [-0.1, -0.05) is 42.5 Å². The number of benzene rings is 2. The highest BCUT2D eigenvalue weighted by molar-refractivity contribution is 5.79. The molecule has 1 aliphatic heterocycles. The van der Waals surface area contributed by atoms with Crippen LogP contribution in [0.4, 0.5) is 0 Å². The van der Waals surface area contributed by atoms with E-state index >= 15 is 0 Å². The van der Waals surface area contributed by atoms with Crippen LogP contribution in [0.15, 0.2) is 48.5 Å². The first kappa shape index (κ1) is 22.1. The number of rotatable bonds is 9. The van der Waals surface area contributed by atoms with Crippen molar-refractivity contribution in [2.24, 2.45) is 5.92 Å². The number of aliphatic hydroxyl groups excluding tert-OH is 1. The first-order chi connectivity index (χ1) is 14.7. The third-order valence-electron chi connectivity index (χ3n) is 5.71. The fraction of sp³-hybridized carbons (Fsp3) is 0.458. The van der Waals surface area contributed by atoms with Gasteiger partial charge >= 0.3 is 0 Å². The summed E-state index contributed by atoms with van der Waals surface area (Å²) in [6.07, 6.45) is 1.64. The molecule has 3 rings (SSSR count). The van der Waals surface area contributed by atoms with Crippen LogP contribution in [0, 0.1) is 5.92 Å². The Kier molecular flexibility index (Phi) is 8.11. The molecule has 1 saturated heterocycles. The molecule has 1 aliphatic rings. The van der Waals surface area contributed by atoms with Crippen molar-refractivity contribution < 1.29 is 19.4 Å². The zero-order valence-electron chi connectivity index (χ0n) is 17.9. The van der Waals surface area contributed by atoms with E-state index in [4.69, 9.17) is 9.47 Å². The second-order valence-corrected chi connectivity index (χ2v) is 7.67. The lowest BCUT2D eigenvalue weighted by atomic mass is 9.94. The Labute approximate surface area is 179 Å². The fourth-order valence-electron chi connectivity index (χ4n) is 4.11. The molecular weight excluding hydrogens is 380 g/mol. The highest BCUT2D eigenvalue weighted by Gasteiger charge is 2.29. The maximum Gasteiger partial charge on any atom is 0.226 e. The number of aliphatic hydroxyl groups is 1. The molecule has 6 heteroatoms. The molecule has 1 N–H and O–H groups in total. The summed E-state index contributed by atoms with van der Waals surface area (Å²) in [4.78, 5) is 17.2. The van der Waals surface area contributed by atoms with Crippen molar-refractivity contribution in [1.82, 2.24) is 9.80 Å². The summed E-state index contributed by atoms with van der Waals surface area (Å²) in [7, 11) is 3.31. The molecule has 0 radical (unpaired) electrons. The van der Waals surface area contributed by atoms with E-state index in [2.05, 4.69) is 11.0 Å². The molecule has 0 atom stereocenters. The van der Waals surface area contributed by atoms with Crippen LogP contribution >= 0.6 is 0 Å². The zero-order valence-corrected chi connectivity index (χ0v) is 17.9. The van der Waals surface area contributed by atoms with Crippen LogP contribution in [0.25, 0.3) is 0 Å². The number of carbonyl (C=O) groups is 1. The molecule has 6 nitrogen and oxygen atoms in total. The lowest BCUT2D eigenvalue weighted by Gasteiger charge is -2.34. The lowest BCUT2D eigenvalue weighted by molar-refractivity contribution is -0.138. The van der Waals surface area contributed by atoms with E-state index in [1.54, 1.807) is 19.1 Å². The van der Waals surface area contributed by atoms with E-state index in [9.17, 15) is 9.90 Å². The summed E-state index contributed by atoms with van der Waals surface area (Å²) in [5.41, 5.74) is 2.18. The van der Waals surface area contributed by atoms with Gasteiger partial charge in [0.1, 0.15) is 0 Å². The van der Waals surface area contributed by atoms with Crippen LogP contribution in [-0.4, -0.2) is 61.3 Å². The van der Waals surface area contributed by atoms with Crippen molar-refractivity contribution in [3.63, 3.8) is 0 Å². The minimum absolute atomic E-state index is 0.00344. The van der Waals surface area contributed by atoms with Gasteiger partial charge in [-0.15, -0.1) is 0 Å². The number of hydrogen-bond acceptors (Lipinski definition) is 5. The molecule has 0 aliphatic carbocycles. The van der Waals surface area contributed by atoms with Gasteiger partial charge in [0.05, 0.1) is 20.8 Å². The molecule has 0 spiro atoms. The van der Waals surface area contributed by atoms with E-state index in [-0.39, 0.29) is 18.4 Å². The maximum atomic E-state index is 13.1. The van der Waals surface area contributed by atoms with E-state index in [1.807, 2.05) is 42.5 Å². The van der Waals surface area contributed by atoms with Gasteiger partial charge < -0.3 is 19.5 Å². The Morgan fingerprint density at radius 2 is 1.80 bits per heavy atom. The van der Waals surface area contributed by atoms with Crippen LogP contribution in [0.1, 0.15) is 24.0 Å². The number of hydrogen-bond donors (Lipinski definition) is 1. The minimum Gasteiger partial charge on any atom is -0.493 e. The molecule has 0 aromatic heterocycles. The van der Waals surface area contributed by atoms with Crippen LogP contribution in [0.5, 0.6) is 11.5 Å². The summed E-state index contributed by atoms with van der Waals surface area (Å²) in [6.45, 7) is 3.37. The minimum atomic E-state index is -0.0208. The van der Waals surface area contributed by atoms with Crippen molar-refractivity contribution in [2.45, 2.75) is 25.9 Å². The van der Waals surface area contributed by atoms with Crippen molar-refractivity contribution in [1.29, 1.82) is 0 Å². The Balaban J connectivity index is 1.58. The maximum absolute atomic E-state index is 13.1. The second kappa shape index (κ2) is 11.0. The summed E-state index contributed by atoms with van der Waals surface area (Å²) >= 11 is 0. The number of piperidine rings is 1. The molecule has 30 heavy (non-hydrogen) atoms. The Morgan fingerprint density at radius 1 is 1.07 bits per heavy atom. The highest BCUT2D eigenvalue weighted by atomic mass is 16.5. The lowest BCUT2D eigenvalue weighted by Crippen LogP contribution is -2.43. The molecule has 0 unspecified atom stereocenters. The molecule has 162 valence electrons. The molecule has 1 heterocycles. The molecule has 2 aromatic rings. The molecular formula is C24H32N2O4. The van der Waals surface area contributed by atoms with Gasteiger partial charge in [-0.25, -0.2) is 0 Å². The number of nitrogens with zero attached hydrogens (tertiary/aromatic N) is 2.